The summed E-state index contributed by atoms with van der Waals surface area (Å²) in [5.41, 5.74) is 3.36. The molecule has 140 valence electrons. The predicted octanol–water partition coefficient (Wildman–Crippen LogP) is 5.38. The minimum atomic E-state index is 0.678. The van der Waals surface area contributed by atoms with Crippen LogP contribution in [0.3, 0.4) is 0 Å². The Kier molecular flexibility index (Phi) is 6.04. The van der Waals surface area contributed by atoms with Crippen molar-refractivity contribution in [2.75, 3.05) is 5.75 Å². The van der Waals surface area contributed by atoms with Gasteiger partial charge in [0.05, 0.1) is 11.6 Å². The van der Waals surface area contributed by atoms with Gasteiger partial charge in [0.25, 0.3) is 0 Å². The average molecular weight is 407 g/mol. The minimum absolute atomic E-state index is 0.678. The Morgan fingerprint density at radius 1 is 0.821 bits per heavy atom. The fourth-order valence-electron chi connectivity index (χ4n) is 2.96. The van der Waals surface area contributed by atoms with Crippen LogP contribution in [0.15, 0.2) is 84.3 Å². The number of benzene rings is 2. The van der Waals surface area contributed by atoms with Crippen molar-refractivity contribution >= 4 is 23.4 Å². The van der Waals surface area contributed by atoms with E-state index in [9.17, 15) is 0 Å². The highest BCUT2D eigenvalue weighted by Gasteiger charge is 2.16. The fourth-order valence-corrected chi connectivity index (χ4v) is 4.10. The van der Waals surface area contributed by atoms with Gasteiger partial charge in [0.15, 0.2) is 11.0 Å². The molecule has 0 amide bonds. The Hall–Kier alpha value is -2.63. The topological polar surface area (TPSA) is 43.6 Å². The van der Waals surface area contributed by atoms with Crippen molar-refractivity contribution < 1.29 is 0 Å². The Morgan fingerprint density at radius 3 is 2.36 bits per heavy atom. The highest BCUT2D eigenvalue weighted by Crippen LogP contribution is 2.30. The first kappa shape index (κ1) is 18.7. The molecule has 0 bridgehead atoms. The third-order valence-electron chi connectivity index (χ3n) is 4.39. The first-order valence-electron chi connectivity index (χ1n) is 9.05. The summed E-state index contributed by atoms with van der Waals surface area (Å²) in [6.07, 6.45) is 4.60. The minimum Gasteiger partial charge on any atom is -0.298 e. The largest absolute Gasteiger partial charge is 0.298 e. The third-order valence-corrected chi connectivity index (χ3v) is 5.68. The summed E-state index contributed by atoms with van der Waals surface area (Å²) < 4.78 is 2.15. The molecule has 2 aromatic heterocycles. The van der Waals surface area contributed by atoms with Gasteiger partial charge < -0.3 is 0 Å². The van der Waals surface area contributed by atoms with Crippen molar-refractivity contribution in [2.24, 2.45) is 0 Å². The highest BCUT2D eigenvalue weighted by molar-refractivity contribution is 7.99. The molecular weight excluding hydrogens is 388 g/mol. The Morgan fingerprint density at radius 2 is 1.57 bits per heavy atom. The van der Waals surface area contributed by atoms with Crippen LogP contribution in [0.2, 0.25) is 5.02 Å². The van der Waals surface area contributed by atoms with Crippen molar-refractivity contribution in [3.05, 3.63) is 95.3 Å². The molecule has 0 atom stereocenters. The SMILES string of the molecule is Clc1ccccc1-c1nnc(SCCc2ccncc2)n1Cc1ccccc1. The number of aryl methyl sites for hydroxylation is 1. The first-order chi connectivity index (χ1) is 13.8. The molecule has 2 heterocycles. The lowest BCUT2D eigenvalue weighted by Crippen LogP contribution is -2.05. The summed E-state index contributed by atoms with van der Waals surface area (Å²) in [5.74, 6) is 1.71. The number of pyridine rings is 1. The number of thioether (sulfide) groups is 1. The molecule has 4 nitrogen and oxygen atoms in total. The molecular formula is C22H19ClN4S. The number of aromatic nitrogens is 4. The zero-order chi connectivity index (χ0) is 19.2. The molecule has 0 fully saturated rings. The molecule has 0 aliphatic rings. The van der Waals surface area contributed by atoms with E-state index in [0.29, 0.717) is 11.6 Å². The predicted molar refractivity (Wildman–Crippen MR) is 115 cm³/mol. The van der Waals surface area contributed by atoms with Crippen LogP contribution in [0.25, 0.3) is 11.4 Å². The van der Waals surface area contributed by atoms with Crippen LogP contribution in [0, 0.1) is 0 Å². The van der Waals surface area contributed by atoms with E-state index in [1.807, 2.05) is 67.0 Å². The molecule has 0 radical (unpaired) electrons. The standard InChI is InChI=1S/C22H19ClN4S/c23-20-9-5-4-8-19(20)21-25-26-22(27(21)16-18-6-2-1-3-7-18)28-15-12-17-10-13-24-14-11-17/h1-11,13-14H,12,15-16H2. The normalized spacial score (nSPS) is 10.9. The molecule has 0 N–H and O–H groups in total. The van der Waals surface area contributed by atoms with Crippen LogP contribution in [0.4, 0.5) is 0 Å². The summed E-state index contributed by atoms with van der Waals surface area (Å²) in [5, 5.41) is 10.5. The molecule has 0 aliphatic carbocycles. The summed E-state index contributed by atoms with van der Waals surface area (Å²) in [4.78, 5) is 4.07. The molecule has 0 saturated heterocycles. The lowest BCUT2D eigenvalue weighted by Gasteiger charge is -2.11. The summed E-state index contributed by atoms with van der Waals surface area (Å²) in [7, 11) is 0. The summed E-state index contributed by atoms with van der Waals surface area (Å²) in [6, 6.07) is 22.2. The van der Waals surface area contributed by atoms with Gasteiger partial charge >= 0.3 is 0 Å². The number of nitrogens with zero attached hydrogens (tertiary/aromatic N) is 4. The molecule has 6 heteroatoms. The van der Waals surface area contributed by atoms with Crippen LogP contribution in [0.1, 0.15) is 11.1 Å². The van der Waals surface area contributed by atoms with Gasteiger partial charge in [0, 0.05) is 23.7 Å². The number of hydrogen-bond donors (Lipinski definition) is 0. The second-order valence-electron chi connectivity index (χ2n) is 6.31. The van der Waals surface area contributed by atoms with Crippen molar-refractivity contribution in [3.8, 4) is 11.4 Å². The second-order valence-corrected chi connectivity index (χ2v) is 7.78. The molecule has 2 aromatic carbocycles. The summed E-state index contributed by atoms with van der Waals surface area (Å²) >= 11 is 8.14. The molecule has 4 aromatic rings. The van der Waals surface area contributed by atoms with Crippen molar-refractivity contribution in [3.63, 3.8) is 0 Å². The Balaban J connectivity index is 1.61. The first-order valence-corrected chi connectivity index (χ1v) is 10.4. The van der Waals surface area contributed by atoms with Gasteiger partial charge in [-0.3, -0.25) is 9.55 Å². The van der Waals surface area contributed by atoms with Gasteiger partial charge in [-0.15, -0.1) is 10.2 Å². The van der Waals surface area contributed by atoms with Crippen LogP contribution in [-0.4, -0.2) is 25.5 Å². The van der Waals surface area contributed by atoms with Gasteiger partial charge in [-0.1, -0.05) is 65.8 Å². The monoisotopic (exact) mass is 406 g/mol. The van der Waals surface area contributed by atoms with E-state index in [1.165, 1.54) is 11.1 Å². The molecule has 0 saturated carbocycles. The third kappa shape index (κ3) is 4.43. The van der Waals surface area contributed by atoms with Gasteiger partial charge in [-0.2, -0.15) is 0 Å². The van der Waals surface area contributed by atoms with E-state index in [4.69, 9.17) is 11.6 Å². The lowest BCUT2D eigenvalue weighted by molar-refractivity contribution is 0.714. The fraction of sp³-hybridized carbons (Fsp3) is 0.136. The van der Waals surface area contributed by atoms with E-state index in [-0.39, 0.29) is 0 Å². The van der Waals surface area contributed by atoms with Crippen LogP contribution < -0.4 is 0 Å². The molecule has 28 heavy (non-hydrogen) atoms. The maximum atomic E-state index is 6.43. The molecule has 0 unspecified atom stereocenters. The van der Waals surface area contributed by atoms with Crippen LogP contribution >= 0.6 is 23.4 Å². The van der Waals surface area contributed by atoms with E-state index in [2.05, 4.69) is 31.9 Å². The maximum absolute atomic E-state index is 6.43. The van der Waals surface area contributed by atoms with E-state index in [0.717, 1.165) is 28.7 Å². The number of halogens is 1. The molecule has 0 aliphatic heterocycles. The maximum Gasteiger partial charge on any atom is 0.191 e. The average Bonchev–Trinajstić information content (AvgIpc) is 3.12. The quantitative estimate of drug-likeness (QED) is 0.386. The van der Waals surface area contributed by atoms with E-state index in [1.54, 1.807) is 11.8 Å². The molecule has 0 spiro atoms. The smallest absolute Gasteiger partial charge is 0.191 e. The zero-order valence-electron chi connectivity index (χ0n) is 15.2. The Labute approximate surface area is 173 Å². The van der Waals surface area contributed by atoms with E-state index < -0.39 is 0 Å². The van der Waals surface area contributed by atoms with Crippen molar-refractivity contribution in [1.82, 2.24) is 19.7 Å². The van der Waals surface area contributed by atoms with E-state index >= 15 is 0 Å². The van der Waals surface area contributed by atoms with Crippen LogP contribution in [0.5, 0.6) is 0 Å². The number of hydrogen-bond acceptors (Lipinski definition) is 4. The van der Waals surface area contributed by atoms with Crippen LogP contribution in [-0.2, 0) is 13.0 Å². The Bertz CT molecular complexity index is 1030. The van der Waals surface area contributed by atoms with Gasteiger partial charge in [0.1, 0.15) is 0 Å². The zero-order valence-corrected chi connectivity index (χ0v) is 16.8. The lowest BCUT2D eigenvalue weighted by atomic mass is 10.2. The van der Waals surface area contributed by atoms with Gasteiger partial charge in [-0.25, -0.2) is 0 Å². The summed E-state index contributed by atoms with van der Waals surface area (Å²) in [6.45, 7) is 0.700. The van der Waals surface area contributed by atoms with Crippen molar-refractivity contribution in [1.29, 1.82) is 0 Å². The molecule has 4 rings (SSSR count). The second kappa shape index (κ2) is 9.04. The van der Waals surface area contributed by atoms with Gasteiger partial charge in [0.2, 0.25) is 0 Å². The van der Waals surface area contributed by atoms with Gasteiger partial charge in [-0.05, 0) is 41.8 Å². The highest BCUT2D eigenvalue weighted by atomic mass is 35.5. The van der Waals surface area contributed by atoms with Crippen molar-refractivity contribution in [2.45, 2.75) is 18.1 Å². The number of rotatable bonds is 7.